The number of benzene rings is 3. The Morgan fingerprint density at radius 2 is 1.57 bits per heavy atom. The zero-order valence-electron chi connectivity index (χ0n) is 29.4. The van der Waals surface area contributed by atoms with E-state index in [4.69, 9.17) is 14.5 Å². The molecule has 250 valence electrons. The highest BCUT2D eigenvalue weighted by Gasteiger charge is 2.54. The smallest absolute Gasteiger partial charge is 0.135 e. The molecule has 1 aromatic heterocycles. The topological polar surface area (TPSA) is 31.4 Å². The molecule has 0 spiro atoms. The summed E-state index contributed by atoms with van der Waals surface area (Å²) >= 11 is 0. The predicted octanol–water partition coefficient (Wildman–Crippen LogP) is 6.71. The highest BCUT2D eigenvalue weighted by molar-refractivity contribution is 5.82. The normalized spacial score (nSPS) is 23.3. The van der Waals surface area contributed by atoms with Crippen LogP contribution in [0.5, 0.6) is 5.75 Å². The number of ether oxygens (including phenoxy) is 2. The van der Waals surface area contributed by atoms with Crippen molar-refractivity contribution in [3.05, 3.63) is 119 Å². The van der Waals surface area contributed by atoms with Crippen molar-refractivity contribution >= 4 is 10.9 Å². The van der Waals surface area contributed by atoms with Gasteiger partial charge in [0.1, 0.15) is 24.4 Å². The molecule has 5 atom stereocenters. The van der Waals surface area contributed by atoms with Gasteiger partial charge in [0.05, 0.1) is 32.3 Å². The van der Waals surface area contributed by atoms with Gasteiger partial charge in [-0.3, -0.25) is 4.98 Å². The van der Waals surface area contributed by atoms with Crippen LogP contribution in [-0.4, -0.2) is 35.7 Å². The Bertz CT molecular complexity index is 1650. The van der Waals surface area contributed by atoms with E-state index < -0.39 is 0 Å². The number of fused-ring (bicyclic) bond motifs is 4. The fraction of sp³-hybridized carbons (Fsp3) is 0.452. The number of halogens is 1. The summed E-state index contributed by atoms with van der Waals surface area (Å²) < 4.78 is 14.3. The van der Waals surface area contributed by atoms with Crippen LogP contribution in [-0.2, 0) is 28.7 Å². The van der Waals surface area contributed by atoms with Crippen LogP contribution in [0, 0.1) is 11.8 Å². The van der Waals surface area contributed by atoms with Gasteiger partial charge in [0, 0.05) is 47.0 Å². The molecule has 4 aromatic rings. The van der Waals surface area contributed by atoms with Gasteiger partial charge >= 0.3 is 0 Å². The summed E-state index contributed by atoms with van der Waals surface area (Å²) in [5, 5.41) is 1.19. The minimum absolute atomic E-state index is 0. The van der Waals surface area contributed by atoms with Crippen LogP contribution in [0.4, 0.5) is 0 Å². The quantitative estimate of drug-likeness (QED) is 0.144. The van der Waals surface area contributed by atoms with Crippen LogP contribution in [0.15, 0.2) is 91.6 Å². The number of pyridine rings is 1. The molecule has 0 aliphatic carbocycles. The first-order valence-corrected chi connectivity index (χ1v) is 17.1. The minimum Gasteiger partial charge on any atom is -1.00 e. The number of hydrogen-bond acceptors (Lipinski definition) is 3. The van der Waals surface area contributed by atoms with Crippen LogP contribution < -0.4 is 21.7 Å². The summed E-state index contributed by atoms with van der Waals surface area (Å²) in [6.45, 7) is 21.9. The maximum atomic E-state index is 7.15. The highest BCUT2D eigenvalue weighted by Crippen LogP contribution is 2.50. The second-order valence-electron chi connectivity index (χ2n) is 15.9. The lowest BCUT2D eigenvalue weighted by Crippen LogP contribution is -3.00. The third kappa shape index (κ3) is 7.09. The molecule has 4 nitrogen and oxygen atoms in total. The zero-order chi connectivity index (χ0) is 32.7. The summed E-state index contributed by atoms with van der Waals surface area (Å²) in [7, 11) is 1.83. The van der Waals surface area contributed by atoms with E-state index in [-0.39, 0.29) is 33.9 Å². The first-order valence-electron chi connectivity index (χ1n) is 17.1. The van der Waals surface area contributed by atoms with Crippen LogP contribution >= 0.6 is 0 Å². The van der Waals surface area contributed by atoms with Gasteiger partial charge in [-0.25, -0.2) is 0 Å². The molecule has 7 rings (SSSR count). The Morgan fingerprint density at radius 1 is 0.915 bits per heavy atom. The molecular weight excluding hydrogens is 644 g/mol. The molecule has 0 radical (unpaired) electrons. The van der Waals surface area contributed by atoms with E-state index in [0.717, 1.165) is 41.8 Å². The fourth-order valence-corrected chi connectivity index (χ4v) is 8.38. The Hall–Kier alpha value is -2.99. The molecule has 3 aromatic carbocycles. The molecule has 3 aliphatic heterocycles. The summed E-state index contributed by atoms with van der Waals surface area (Å²) in [4.78, 5) is 4.74. The van der Waals surface area contributed by atoms with E-state index in [2.05, 4.69) is 127 Å². The lowest BCUT2D eigenvalue weighted by molar-refractivity contribution is -0.985. The molecular formula is C42H53BrN2O2. The van der Waals surface area contributed by atoms with E-state index in [0.29, 0.717) is 24.5 Å². The van der Waals surface area contributed by atoms with Crippen molar-refractivity contribution in [3.63, 3.8) is 0 Å². The molecule has 0 amide bonds. The predicted molar refractivity (Wildman–Crippen MR) is 190 cm³/mol. The van der Waals surface area contributed by atoms with Crippen molar-refractivity contribution in [2.75, 3.05) is 20.2 Å². The highest BCUT2D eigenvalue weighted by atomic mass is 79.9. The van der Waals surface area contributed by atoms with E-state index in [9.17, 15) is 0 Å². The van der Waals surface area contributed by atoms with Gasteiger partial charge in [0.15, 0.2) is 0 Å². The summed E-state index contributed by atoms with van der Waals surface area (Å²) in [5.41, 5.74) is 7.37. The lowest BCUT2D eigenvalue weighted by Gasteiger charge is -2.58. The first-order chi connectivity index (χ1) is 21.9. The third-order valence-electron chi connectivity index (χ3n) is 10.8. The largest absolute Gasteiger partial charge is 1.00 e. The summed E-state index contributed by atoms with van der Waals surface area (Å²) in [5.74, 6) is 2.18. The van der Waals surface area contributed by atoms with E-state index in [1.54, 1.807) is 0 Å². The van der Waals surface area contributed by atoms with Crippen molar-refractivity contribution in [3.8, 4) is 5.75 Å². The molecule has 3 saturated heterocycles. The van der Waals surface area contributed by atoms with E-state index in [1.807, 2.05) is 13.3 Å². The summed E-state index contributed by atoms with van der Waals surface area (Å²) in [6.07, 6.45) is 6.50. The Morgan fingerprint density at radius 3 is 2.21 bits per heavy atom. The van der Waals surface area contributed by atoms with Crippen molar-refractivity contribution in [2.45, 2.75) is 90.5 Å². The molecule has 0 N–H and O–H groups in total. The zero-order valence-corrected chi connectivity index (χ0v) is 31.0. The second kappa shape index (κ2) is 13.9. The Kier molecular flexibility index (Phi) is 10.4. The average Bonchev–Trinajstić information content (AvgIpc) is 3.04. The minimum atomic E-state index is -0.0657. The van der Waals surface area contributed by atoms with Crippen LogP contribution in [0.2, 0.25) is 0 Å². The number of methoxy groups -OCH3 is 1. The van der Waals surface area contributed by atoms with Gasteiger partial charge in [0.2, 0.25) is 0 Å². The number of piperidine rings is 3. The molecule has 1 unspecified atom stereocenters. The van der Waals surface area contributed by atoms with Crippen molar-refractivity contribution in [2.24, 2.45) is 11.8 Å². The van der Waals surface area contributed by atoms with Gasteiger partial charge in [-0.1, -0.05) is 96.1 Å². The van der Waals surface area contributed by atoms with Crippen LogP contribution in [0.1, 0.15) is 88.3 Å². The standard InChI is InChI=1S/C42H53N2O2.BrH/c1-9-31-27-44(26-30-23-35(41(2,3)4)40(45-8)36(24-30)42(5,6)7)22-20-32(31)25-38(44)39(46-28-29-15-11-10-12-16-29)34-19-21-43-37-18-14-13-17-33(34)37;/h9-19,21,23-24,31-32,38-39H,1,20,22,25-28H2,2-8H3;1H/q+1;/p-1/t31-,32-,38-,39+,44?;/m0./s1. The monoisotopic (exact) mass is 696 g/mol. The number of nitrogens with zero attached hydrogens (tertiary/aromatic N) is 2. The number of quaternary nitrogens is 1. The maximum Gasteiger partial charge on any atom is 0.135 e. The Labute approximate surface area is 293 Å². The molecule has 4 heterocycles. The summed E-state index contributed by atoms with van der Waals surface area (Å²) in [6, 6.07) is 26.6. The Balaban J connectivity index is 0.00000433. The number of rotatable bonds is 9. The maximum absolute atomic E-state index is 7.15. The van der Waals surface area contributed by atoms with Gasteiger partial charge in [-0.2, -0.15) is 0 Å². The van der Waals surface area contributed by atoms with Crippen molar-refractivity contribution in [1.82, 2.24) is 4.98 Å². The SMILES string of the molecule is C=C[C@H]1C[N+]2(Cc3cc(C(C)(C)C)c(OC)c(C(C)(C)C)c3)CC[C@H]1C[C@H]2[C@H](OCc1ccccc1)c1ccnc2ccccc12.[Br-]. The van der Waals surface area contributed by atoms with Gasteiger partial charge < -0.3 is 30.9 Å². The molecule has 3 aliphatic rings. The van der Waals surface area contributed by atoms with Gasteiger partial charge in [0.25, 0.3) is 0 Å². The van der Waals surface area contributed by atoms with E-state index >= 15 is 0 Å². The van der Waals surface area contributed by atoms with E-state index in [1.165, 1.54) is 39.6 Å². The fourth-order valence-electron chi connectivity index (χ4n) is 8.38. The molecule has 5 heteroatoms. The lowest BCUT2D eigenvalue weighted by atomic mass is 9.70. The molecule has 0 saturated carbocycles. The molecule has 47 heavy (non-hydrogen) atoms. The van der Waals surface area contributed by atoms with Gasteiger partial charge in [-0.05, 0) is 52.1 Å². The number of aromatic nitrogens is 1. The third-order valence-corrected chi connectivity index (χ3v) is 10.8. The van der Waals surface area contributed by atoms with Crippen LogP contribution in [0.25, 0.3) is 10.9 Å². The second-order valence-corrected chi connectivity index (χ2v) is 15.9. The van der Waals surface area contributed by atoms with Crippen molar-refractivity contribution in [1.29, 1.82) is 0 Å². The van der Waals surface area contributed by atoms with Crippen LogP contribution in [0.3, 0.4) is 0 Å². The number of hydrogen-bond donors (Lipinski definition) is 0. The molecule has 2 bridgehead atoms. The average molecular weight is 698 g/mol. The van der Waals surface area contributed by atoms with Crippen molar-refractivity contribution < 1.29 is 30.9 Å². The number of para-hydroxylation sites is 1. The first kappa shape index (κ1) is 35.3. The molecule has 3 fully saturated rings. The van der Waals surface area contributed by atoms with Gasteiger partial charge in [-0.15, -0.1) is 6.58 Å².